The number of sulfone groups is 1. The van der Waals surface area contributed by atoms with Crippen LogP contribution in [0.4, 0.5) is 11.4 Å². The molecule has 7 heteroatoms. The Hall–Kier alpha value is -1.57. The van der Waals surface area contributed by atoms with Crippen molar-refractivity contribution in [1.82, 2.24) is 0 Å². The van der Waals surface area contributed by atoms with E-state index in [9.17, 15) is 13.5 Å². The van der Waals surface area contributed by atoms with Crippen molar-refractivity contribution in [2.75, 3.05) is 23.9 Å². The van der Waals surface area contributed by atoms with Crippen molar-refractivity contribution in [2.24, 2.45) is 0 Å². The van der Waals surface area contributed by atoms with Crippen molar-refractivity contribution < 1.29 is 13.5 Å². The number of benzene rings is 1. The van der Waals surface area contributed by atoms with Gasteiger partial charge in [0.1, 0.15) is 0 Å². The molecule has 1 aromatic heterocycles. The second kappa shape index (κ2) is 5.82. The smallest absolute Gasteiger partial charge is 0.175 e. The third-order valence-electron chi connectivity index (χ3n) is 2.87. The highest BCUT2D eigenvalue weighted by atomic mass is 32.2. The summed E-state index contributed by atoms with van der Waals surface area (Å²) in [7, 11) is -3.26. The first-order chi connectivity index (χ1) is 9.38. The van der Waals surface area contributed by atoms with Gasteiger partial charge in [-0.25, -0.2) is 8.42 Å². The number of hydrogen-bond acceptors (Lipinski definition) is 6. The molecule has 0 aliphatic heterocycles. The third kappa shape index (κ3) is 3.50. The van der Waals surface area contributed by atoms with Crippen LogP contribution in [0.15, 0.2) is 39.9 Å². The van der Waals surface area contributed by atoms with Gasteiger partial charge in [-0.05, 0) is 40.6 Å². The fraction of sp³-hybridized carbons (Fsp3) is 0.231. The van der Waals surface area contributed by atoms with Crippen molar-refractivity contribution in [2.45, 2.75) is 11.0 Å². The molecule has 108 valence electrons. The number of aliphatic hydroxyl groups excluding tert-OH is 1. The predicted octanol–water partition coefficient (Wildman–Crippen LogP) is 1.88. The van der Waals surface area contributed by atoms with Gasteiger partial charge in [0, 0.05) is 12.8 Å². The summed E-state index contributed by atoms with van der Waals surface area (Å²) in [6.07, 6.45) is 0.505. The Morgan fingerprint density at radius 2 is 2.15 bits per heavy atom. The van der Waals surface area contributed by atoms with E-state index in [4.69, 9.17) is 5.73 Å². The molecule has 0 spiro atoms. The maximum absolute atomic E-state index is 11.4. The Kier molecular flexibility index (Phi) is 4.32. The number of thiophene rings is 1. The summed E-state index contributed by atoms with van der Waals surface area (Å²) >= 11 is 1.52. The lowest BCUT2D eigenvalue weighted by Crippen LogP contribution is -2.12. The van der Waals surface area contributed by atoms with Crippen molar-refractivity contribution in [3.05, 3.63) is 40.6 Å². The van der Waals surface area contributed by atoms with Crippen LogP contribution in [-0.2, 0) is 9.84 Å². The van der Waals surface area contributed by atoms with Crippen LogP contribution < -0.4 is 11.1 Å². The van der Waals surface area contributed by atoms with E-state index in [-0.39, 0.29) is 4.90 Å². The van der Waals surface area contributed by atoms with Gasteiger partial charge < -0.3 is 16.2 Å². The molecule has 5 nitrogen and oxygen atoms in total. The normalized spacial score (nSPS) is 13.1. The molecule has 1 unspecified atom stereocenters. The molecule has 0 amide bonds. The largest absolute Gasteiger partial charge is 0.397 e. The van der Waals surface area contributed by atoms with E-state index in [2.05, 4.69) is 5.32 Å². The predicted molar refractivity (Wildman–Crippen MR) is 81.7 cm³/mol. The standard InChI is InChI=1S/C13H16N2O3S2/c1-20(17,18)10-2-3-12(11(14)6-10)15-7-13(16)9-4-5-19-8-9/h2-6,8,13,15-16H,7,14H2,1H3. The number of rotatable bonds is 5. The lowest BCUT2D eigenvalue weighted by atomic mass is 10.2. The minimum absolute atomic E-state index is 0.180. The molecule has 4 N–H and O–H groups in total. The molecule has 0 radical (unpaired) electrons. The molecule has 1 heterocycles. The van der Waals surface area contributed by atoms with E-state index in [0.29, 0.717) is 17.9 Å². The fourth-order valence-corrected chi connectivity index (χ4v) is 3.08. The molecule has 0 saturated carbocycles. The molecule has 1 atom stereocenters. The number of nitrogens with two attached hydrogens (primary N) is 1. The number of anilines is 2. The third-order valence-corrected chi connectivity index (χ3v) is 4.68. The summed E-state index contributed by atoms with van der Waals surface area (Å²) < 4.78 is 22.8. The molecule has 0 bridgehead atoms. The van der Waals surface area contributed by atoms with Gasteiger partial charge in [0.25, 0.3) is 0 Å². The minimum atomic E-state index is -3.26. The van der Waals surface area contributed by atoms with Crippen molar-refractivity contribution in [1.29, 1.82) is 0 Å². The highest BCUT2D eigenvalue weighted by Gasteiger charge is 2.11. The molecule has 2 rings (SSSR count). The Bertz CT molecular complexity index is 682. The second-order valence-electron chi connectivity index (χ2n) is 4.47. The Morgan fingerprint density at radius 1 is 1.40 bits per heavy atom. The van der Waals surface area contributed by atoms with Gasteiger partial charge in [0.05, 0.1) is 22.4 Å². The Morgan fingerprint density at radius 3 is 2.70 bits per heavy atom. The van der Waals surface area contributed by atoms with E-state index in [1.54, 1.807) is 6.07 Å². The topological polar surface area (TPSA) is 92.4 Å². The molecule has 2 aromatic rings. The first kappa shape index (κ1) is 14.8. The molecule has 0 saturated heterocycles. The van der Waals surface area contributed by atoms with Crippen molar-refractivity contribution >= 4 is 32.5 Å². The van der Waals surface area contributed by atoms with Crippen LogP contribution >= 0.6 is 11.3 Å². The van der Waals surface area contributed by atoms with Crippen LogP contribution in [-0.4, -0.2) is 26.3 Å². The minimum Gasteiger partial charge on any atom is -0.397 e. The summed E-state index contributed by atoms with van der Waals surface area (Å²) in [5, 5.41) is 16.7. The Balaban J connectivity index is 2.07. The zero-order valence-corrected chi connectivity index (χ0v) is 12.5. The summed E-state index contributed by atoms with van der Waals surface area (Å²) in [4.78, 5) is 0.180. The number of nitrogen functional groups attached to an aromatic ring is 1. The SMILES string of the molecule is CS(=O)(=O)c1ccc(NCC(O)c2ccsc2)c(N)c1. The molecule has 0 fully saturated rings. The molecule has 0 aliphatic carbocycles. The first-order valence-electron chi connectivity index (χ1n) is 5.91. The zero-order valence-electron chi connectivity index (χ0n) is 10.9. The Labute approximate surface area is 122 Å². The molecule has 20 heavy (non-hydrogen) atoms. The highest BCUT2D eigenvalue weighted by Crippen LogP contribution is 2.24. The molecular formula is C13H16N2O3S2. The van der Waals surface area contributed by atoms with Gasteiger partial charge in [0.2, 0.25) is 0 Å². The average Bonchev–Trinajstić information content (AvgIpc) is 2.89. The van der Waals surface area contributed by atoms with Gasteiger partial charge in [0.15, 0.2) is 9.84 Å². The first-order valence-corrected chi connectivity index (χ1v) is 8.75. The molecule has 0 aliphatic rings. The highest BCUT2D eigenvalue weighted by molar-refractivity contribution is 7.90. The van der Waals surface area contributed by atoms with Crippen LogP contribution in [0.2, 0.25) is 0 Å². The zero-order chi connectivity index (χ0) is 14.8. The van der Waals surface area contributed by atoms with Crippen LogP contribution in [0.1, 0.15) is 11.7 Å². The monoisotopic (exact) mass is 312 g/mol. The van der Waals surface area contributed by atoms with Crippen LogP contribution in [0.25, 0.3) is 0 Å². The number of aliphatic hydroxyl groups is 1. The second-order valence-corrected chi connectivity index (χ2v) is 7.27. The van der Waals surface area contributed by atoms with E-state index in [1.165, 1.54) is 23.5 Å². The van der Waals surface area contributed by atoms with E-state index >= 15 is 0 Å². The van der Waals surface area contributed by atoms with Gasteiger partial charge in [-0.3, -0.25) is 0 Å². The van der Waals surface area contributed by atoms with E-state index < -0.39 is 15.9 Å². The quantitative estimate of drug-likeness (QED) is 0.733. The number of hydrogen-bond donors (Lipinski definition) is 3. The van der Waals surface area contributed by atoms with Crippen molar-refractivity contribution in [3.8, 4) is 0 Å². The van der Waals surface area contributed by atoms with E-state index in [1.807, 2.05) is 16.8 Å². The van der Waals surface area contributed by atoms with Gasteiger partial charge in [-0.15, -0.1) is 0 Å². The summed E-state index contributed by atoms with van der Waals surface area (Å²) in [6.45, 7) is 0.305. The van der Waals surface area contributed by atoms with Gasteiger partial charge in [-0.1, -0.05) is 0 Å². The molecule has 1 aromatic carbocycles. The van der Waals surface area contributed by atoms with Gasteiger partial charge >= 0.3 is 0 Å². The summed E-state index contributed by atoms with van der Waals surface area (Å²) in [5.41, 5.74) is 7.60. The summed E-state index contributed by atoms with van der Waals surface area (Å²) in [5.74, 6) is 0. The van der Waals surface area contributed by atoms with Crippen LogP contribution in [0, 0.1) is 0 Å². The van der Waals surface area contributed by atoms with Crippen LogP contribution in [0.3, 0.4) is 0 Å². The van der Waals surface area contributed by atoms with Crippen molar-refractivity contribution in [3.63, 3.8) is 0 Å². The fourth-order valence-electron chi connectivity index (χ4n) is 1.72. The van der Waals surface area contributed by atoms with E-state index in [0.717, 1.165) is 11.8 Å². The lowest BCUT2D eigenvalue weighted by Gasteiger charge is -2.14. The van der Waals surface area contributed by atoms with Gasteiger partial charge in [-0.2, -0.15) is 11.3 Å². The summed E-state index contributed by atoms with van der Waals surface area (Å²) in [6, 6.07) is 6.36. The number of nitrogens with one attached hydrogen (secondary N) is 1. The maximum atomic E-state index is 11.4. The molecular weight excluding hydrogens is 296 g/mol. The van der Waals surface area contributed by atoms with Crippen LogP contribution in [0.5, 0.6) is 0 Å². The maximum Gasteiger partial charge on any atom is 0.175 e. The average molecular weight is 312 g/mol. The lowest BCUT2D eigenvalue weighted by molar-refractivity contribution is 0.192.